The summed E-state index contributed by atoms with van der Waals surface area (Å²) < 4.78 is 13.8. The van der Waals surface area contributed by atoms with Gasteiger partial charge >= 0.3 is 0 Å². The smallest absolute Gasteiger partial charge is 0.159 e. The summed E-state index contributed by atoms with van der Waals surface area (Å²) in [5.74, 6) is 1.52. The zero-order valence-corrected chi connectivity index (χ0v) is 46.4. The lowest BCUT2D eigenvalue weighted by Crippen LogP contribution is -2.27. The van der Waals surface area contributed by atoms with Crippen molar-refractivity contribution in [2.45, 2.75) is 46.5 Å². The molecule has 0 radical (unpaired) electrons. The summed E-state index contributed by atoms with van der Waals surface area (Å²) in [6.07, 6.45) is 13.2. The zero-order valence-electron chi connectivity index (χ0n) is 46.4. The Bertz CT molecular complexity index is 4660. The second kappa shape index (κ2) is 19.2. The Morgan fingerprint density at radius 3 is 1.83 bits per heavy atom. The topological polar surface area (TPSA) is 32.8 Å². The van der Waals surface area contributed by atoms with Gasteiger partial charge in [0.25, 0.3) is 0 Å². The van der Waals surface area contributed by atoms with Crippen LogP contribution in [0.2, 0.25) is 0 Å². The fourth-order valence-corrected chi connectivity index (χ4v) is 13.9. The molecule has 81 heavy (non-hydrogen) atoms. The van der Waals surface area contributed by atoms with Crippen LogP contribution in [-0.2, 0) is 5.41 Å². The first-order chi connectivity index (χ1) is 39.7. The molecule has 14 rings (SSSR count). The second-order valence-corrected chi connectivity index (χ2v) is 21.6. The number of hydrogen-bond acceptors (Lipinski definition) is 4. The van der Waals surface area contributed by atoms with Crippen LogP contribution in [0.4, 0.5) is 28.4 Å². The van der Waals surface area contributed by atoms with Crippen molar-refractivity contribution < 1.29 is 8.83 Å². The number of benzene rings is 10. The van der Waals surface area contributed by atoms with E-state index < -0.39 is 5.41 Å². The van der Waals surface area contributed by atoms with Crippen LogP contribution in [-0.4, -0.2) is 0 Å². The van der Waals surface area contributed by atoms with Crippen molar-refractivity contribution in [3.8, 4) is 22.3 Å². The molecule has 1 spiro atoms. The summed E-state index contributed by atoms with van der Waals surface area (Å²) in [5.41, 5.74) is 23.0. The molecule has 12 aromatic rings. The third kappa shape index (κ3) is 7.16. The van der Waals surface area contributed by atoms with Crippen molar-refractivity contribution in [1.29, 1.82) is 0 Å². The molecule has 0 aliphatic heterocycles. The maximum atomic E-state index is 6.96. The van der Waals surface area contributed by atoms with Crippen LogP contribution in [0.15, 0.2) is 229 Å². The van der Waals surface area contributed by atoms with Crippen LogP contribution in [0.3, 0.4) is 0 Å². The predicted molar refractivity (Wildman–Crippen MR) is 344 cm³/mol. The van der Waals surface area contributed by atoms with Crippen molar-refractivity contribution in [3.63, 3.8) is 0 Å². The van der Waals surface area contributed by atoms with Gasteiger partial charge in [0.1, 0.15) is 11.3 Å². The molecule has 0 fully saturated rings. The van der Waals surface area contributed by atoms with Gasteiger partial charge in [-0.05, 0) is 178 Å². The van der Waals surface area contributed by atoms with Crippen LogP contribution in [0.25, 0.3) is 95.7 Å². The van der Waals surface area contributed by atoms with E-state index in [1.54, 1.807) is 0 Å². The molecule has 0 amide bonds. The van der Waals surface area contributed by atoms with Gasteiger partial charge in [0.15, 0.2) is 11.3 Å². The van der Waals surface area contributed by atoms with Gasteiger partial charge in [-0.3, -0.25) is 0 Å². The Labute approximate surface area is 473 Å². The first-order valence-corrected chi connectivity index (χ1v) is 28.1. The van der Waals surface area contributed by atoms with Crippen LogP contribution < -0.4 is 9.80 Å². The normalized spacial score (nSPS) is 13.1. The molecule has 4 nitrogen and oxygen atoms in total. The number of hydrogen-bond donors (Lipinski definition) is 0. The number of allylic oxidation sites excluding steroid dienone is 2. The van der Waals surface area contributed by atoms with Crippen molar-refractivity contribution in [1.82, 2.24) is 0 Å². The molecular weight excluding hydrogens is 985 g/mol. The number of nitrogens with zero attached hydrogens (tertiary/aromatic N) is 2. The monoisotopic (exact) mass is 1040 g/mol. The Balaban J connectivity index is 1.12. The average Bonchev–Trinajstić information content (AvgIpc) is 2.23. The van der Waals surface area contributed by atoms with Gasteiger partial charge in [-0.1, -0.05) is 191 Å². The second-order valence-electron chi connectivity index (χ2n) is 21.6. The van der Waals surface area contributed by atoms with E-state index in [0.717, 1.165) is 113 Å². The van der Waals surface area contributed by atoms with Gasteiger partial charge in [0.05, 0.1) is 22.5 Å². The molecule has 0 atom stereocenters. The SMILES string of the molecule is C=Cc1oc(/C(=C\CC)N(c2cccc(C)c2)c2cc3c(c(C=C)c2C=C)-c2c(c4ccc(N(c5cccc(C)c5)c5cccc6c5oc5ccccc56)cc4c4ccccc24)C32c3ccccc3-c3ccccc32)c(C)c1/C=C\C. The third-order valence-electron chi connectivity index (χ3n) is 17.0. The highest BCUT2D eigenvalue weighted by atomic mass is 16.3. The Morgan fingerprint density at radius 2 is 1.14 bits per heavy atom. The number of furan rings is 2. The van der Waals surface area contributed by atoms with E-state index in [1.807, 2.05) is 25.1 Å². The van der Waals surface area contributed by atoms with Gasteiger partial charge in [0, 0.05) is 44.5 Å². The van der Waals surface area contributed by atoms with Crippen LogP contribution in [0, 0.1) is 20.8 Å². The molecule has 10 aromatic carbocycles. The number of rotatable bonds is 12. The molecule has 2 aromatic heterocycles. The molecule has 0 saturated carbocycles. The molecule has 0 unspecified atom stereocenters. The van der Waals surface area contributed by atoms with E-state index in [-0.39, 0.29) is 0 Å². The lowest BCUT2D eigenvalue weighted by molar-refractivity contribution is 0.539. The van der Waals surface area contributed by atoms with Crippen molar-refractivity contribution in [2.24, 2.45) is 0 Å². The first kappa shape index (κ1) is 49.4. The molecule has 2 aliphatic rings. The van der Waals surface area contributed by atoms with E-state index in [4.69, 9.17) is 15.4 Å². The number of para-hydroxylation sites is 2. The quantitative estimate of drug-likeness (QED) is 0.114. The summed E-state index contributed by atoms with van der Waals surface area (Å²) in [5, 5.41) is 6.85. The standard InChI is InChI=1S/C77H60N2O2/c1-9-25-55-49(8)75(80-70(55)13-5)67(26-10-2)79(51-30-23-28-48(7)44-51)69-46-66-72(54(12-4)53(69)11-3)73-60-35-15-14-31-56(60)63-45-52(41-42-61(63)74(73)77(66)64-37-19-16-32-57(64)58-33-17-20-38-65(58)77)78(50-29-22-27-47(6)43-50)68-39-24-36-62-59-34-18-21-40-71(59)81-76(62)68/h9,11-46H,3-5,10H2,1-2,6-8H3/b25-9-,67-26+. The van der Waals surface area contributed by atoms with Crippen molar-refractivity contribution in [2.75, 3.05) is 9.80 Å². The number of fused-ring (bicyclic) bond motifs is 18. The molecule has 2 aliphatic carbocycles. The molecule has 4 heteroatoms. The average molecular weight is 1050 g/mol. The number of anilines is 5. The highest BCUT2D eigenvalue weighted by molar-refractivity contribution is 6.22. The van der Waals surface area contributed by atoms with E-state index in [1.165, 1.54) is 60.7 Å². The summed E-state index contributed by atoms with van der Waals surface area (Å²) >= 11 is 0. The third-order valence-corrected chi connectivity index (χ3v) is 17.0. The minimum atomic E-state index is -0.785. The summed E-state index contributed by atoms with van der Waals surface area (Å²) in [6.45, 7) is 24.3. The van der Waals surface area contributed by atoms with Gasteiger partial charge in [-0.2, -0.15) is 0 Å². The Kier molecular flexibility index (Phi) is 11.7. The molecule has 0 bridgehead atoms. The highest BCUT2D eigenvalue weighted by Crippen LogP contribution is 2.67. The lowest BCUT2D eigenvalue weighted by atomic mass is 9.68. The van der Waals surface area contributed by atoms with E-state index >= 15 is 0 Å². The fraction of sp³-hybridized carbons (Fsp3) is 0.0909. The zero-order chi connectivity index (χ0) is 55.3. The van der Waals surface area contributed by atoms with E-state index in [2.05, 4.69) is 257 Å². The molecule has 2 heterocycles. The van der Waals surface area contributed by atoms with Gasteiger partial charge in [0.2, 0.25) is 0 Å². The van der Waals surface area contributed by atoms with Gasteiger partial charge in [-0.25, -0.2) is 0 Å². The van der Waals surface area contributed by atoms with E-state index in [0.29, 0.717) is 0 Å². The molecule has 390 valence electrons. The first-order valence-electron chi connectivity index (χ1n) is 28.1. The van der Waals surface area contributed by atoms with Crippen LogP contribution >= 0.6 is 0 Å². The minimum Gasteiger partial charge on any atom is -0.454 e. The lowest BCUT2D eigenvalue weighted by Gasteiger charge is -2.35. The highest BCUT2D eigenvalue weighted by Gasteiger charge is 2.54. The van der Waals surface area contributed by atoms with Crippen molar-refractivity contribution >= 4 is 102 Å². The summed E-state index contributed by atoms with van der Waals surface area (Å²) in [7, 11) is 0. The maximum absolute atomic E-state index is 6.96. The van der Waals surface area contributed by atoms with E-state index in [9.17, 15) is 0 Å². The molecule has 0 N–H and O–H groups in total. The number of aryl methyl sites for hydroxylation is 2. The minimum absolute atomic E-state index is 0.737. The van der Waals surface area contributed by atoms with Gasteiger partial charge in [-0.15, -0.1) is 0 Å². The fourth-order valence-electron chi connectivity index (χ4n) is 13.9. The Morgan fingerprint density at radius 1 is 0.506 bits per heavy atom. The van der Waals surface area contributed by atoms with Crippen LogP contribution in [0.5, 0.6) is 0 Å². The summed E-state index contributed by atoms with van der Waals surface area (Å²) in [4.78, 5) is 4.79. The molecule has 0 saturated heterocycles. The summed E-state index contributed by atoms with van der Waals surface area (Å²) in [6, 6.07) is 69.3. The van der Waals surface area contributed by atoms with Crippen LogP contribution in [0.1, 0.15) is 87.4 Å². The molecular formula is C77H60N2O2. The largest absolute Gasteiger partial charge is 0.454 e. The predicted octanol–water partition coefficient (Wildman–Crippen LogP) is 21.8. The Hall–Kier alpha value is -9.90. The maximum Gasteiger partial charge on any atom is 0.159 e. The van der Waals surface area contributed by atoms with Crippen molar-refractivity contribution in [3.05, 3.63) is 287 Å². The van der Waals surface area contributed by atoms with Gasteiger partial charge < -0.3 is 18.6 Å².